The molecule has 5 nitrogen and oxygen atoms in total. The highest BCUT2D eigenvalue weighted by Gasteiger charge is 2.36. The molecule has 0 unspecified atom stereocenters. The normalized spacial score (nSPS) is 14.0. The lowest BCUT2D eigenvalue weighted by Gasteiger charge is -2.28. The van der Waals surface area contributed by atoms with Gasteiger partial charge in [-0.3, -0.25) is 0 Å². The summed E-state index contributed by atoms with van der Waals surface area (Å²) in [7, 11) is 0. The van der Waals surface area contributed by atoms with Crippen LogP contribution < -0.4 is 5.32 Å². The Hall–Kier alpha value is -2.56. The van der Waals surface area contributed by atoms with E-state index in [-0.39, 0.29) is 6.42 Å². The summed E-state index contributed by atoms with van der Waals surface area (Å²) >= 11 is 0. The third-order valence-corrected chi connectivity index (χ3v) is 3.62. The minimum absolute atomic E-state index is 0.159. The molecule has 0 saturated heterocycles. The Morgan fingerprint density at radius 3 is 2.25 bits per heavy atom. The Morgan fingerprint density at radius 2 is 1.67 bits per heavy atom. The highest BCUT2D eigenvalue weighted by molar-refractivity contribution is 5.86. The predicted molar refractivity (Wildman–Crippen MR) is 93.1 cm³/mol. The number of nitrogens with one attached hydrogen (secondary N) is 1. The van der Waals surface area contributed by atoms with Crippen LogP contribution in [-0.2, 0) is 16.0 Å². The van der Waals surface area contributed by atoms with Crippen molar-refractivity contribution in [2.75, 3.05) is 0 Å². The molecule has 5 heteroatoms. The summed E-state index contributed by atoms with van der Waals surface area (Å²) in [6.45, 7) is 6.67. The van der Waals surface area contributed by atoms with Crippen LogP contribution in [0.4, 0.5) is 4.79 Å². The molecule has 0 heterocycles. The topological polar surface area (TPSA) is 75.6 Å². The molecule has 128 valence electrons. The molecule has 1 atom stereocenters. The maximum atomic E-state index is 12.0. The predicted octanol–water partition coefficient (Wildman–Crippen LogP) is 3.75. The first-order valence-corrected chi connectivity index (χ1v) is 7.81. The first-order chi connectivity index (χ1) is 11.1. The number of carboxylic acids is 1. The lowest BCUT2D eigenvalue weighted by Crippen LogP contribution is -2.54. The minimum atomic E-state index is -1.45. The first-order valence-electron chi connectivity index (χ1n) is 7.81. The second-order valence-corrected chi connectivity index (χ2v) is 7.12. The standard InChI is InChI=1S/C19H23NO4/c1-18(2,3)24-17(23)20-19(4,16(21)22)12-13-9-10-14-7-5-6-8-15(14)11-13/h5-11H,12H2,1-4H3,(H,20,23)(H,21,22)/t19-/m0/s1. The molecule has 0 fully saturated rings. The number of fused-ring (bicyclic) bond motifs is 1. The van der Waals surface area contributed by atoms with Crippen LogP contribution in [0.2, 0.25) is 0 Å². The number of carbonyl (C=O) groups excluding carboxylic acids is 1. The zero-order chi connectivity index (χ0) is 18.0. The van der Waals surface area contributed by atoms with Crippen molar-refractivity contribution in [3.63, 3.8) is 0 Å². The van der Waals surface area contributed by atoms with Gasteiger partial charge in [-0.05, 0) is 44.0 Å². The Labute approximate surface area is 141 Å². The number of benzene rings is 2. The first kappa shape index (κ1) is 17.8. The smallest absolute Gasteiger partial charge is 0.408 e. The summed E-state index contributed by atoms with van der Waals surface area (Å²) in [6.07, 6.45) is -0.583. The number of hydrogen-bond donors (Lipinski definition) is 2. The fraction of sp³-hybridized carbons (Fsp3) is 0.368. The molecule has 0 bridgehead atoms. The van der Waals surface area contributed by atoms with Gasteiger partial charge in [-0.25, -0.2) is 9.59 Å². The van der Waals surface area contributed by atoms with Gasteiger partial charge in [0.05, 0.1) is 0 Å². The van der Waals surface area contributed by atoms with Gasteiger partial charge in [0, 0.05) is 6.42 Å². The monoisotopic (exact) mass is 329 g/mol. The molecule has 1 amide bonds. The molecule has 0 aliphatic carbocycles. The Kier molecular flexibility index (Phi) is 4.83. The summed E-state index contributed by atoms with van der Waals surface area (Å²) in [4.78, 5) is 23.7. The van der Waals surface area contributed by atoms with Crippen molar-refractivity contribution in [3.8, 4) is 0 Å². The van der Waals surface area contributed by atoms with E-state index >= 15 is 0 Å². The Balaban J connectivity index is 2.22. The number of rotatable bonds is 4. The average Bonchev–Trinajstić information content (AvgIpc) is 2.44. The van der Waals surface area contributed by atoms with E-state index in [0.29, 0.717) is 0 Å². The second-order valence-electron chi connectivity index (χ2n) is 7.12. The van der Waals surface area contributed by atoms with Gasteiger partial charge in [-0.2, -0.15) is 0 Å². The molecule has 0 radical (unpaired) electrons. The molecule has 24 heavy (non-hydrogen) atoms. The van der Waals surface area contributed by atoms with E-state index in [1.165, 1.54) is 6.92 Å². The van der Waals surface area contributed by atoms with Crippen molar-refractivity contribution >= 4 is 22.8 Å². The third-order valence-electron chi connectivity index (χ3n) is 3.62. The maximum absolute atomic E-state index is 12.0. The quantitative estimate of drug-likeness (QED) is 0.896. The molecule has 0 spiro atoms. The summed E-state index contributed by atoms with van der Waals surface area (Å²) < 4.78 is 5.18. The number of alkyl carbamates (subject to hydrolysis) is 1. The van der Waals surface area contributed by atoms with Crippen molar-refractivity contribution in [3.05, 3.63) is 48.0 Å². The summed E-state index contributed by atoms with van der Waals surface area (Å²) in [5.41, 5.74) is -1.31. The van der Waals surface area contributed by atoms with Crippen LogP contribution in [0.15, 0.2) is 42.5 Å². The number of hydrogen-bond acceptors (Lipinski definition) is 3. The SMILES string of the molecule is CC(C)(C)OC(=O)N[C@@](C)(Cc1ccc2ccccc2c1)C(=O)O. The summed E-state index contributed by atoms with van der Waals surface area (Å²) in [5.74, 6) is -1.11. The van der Waals surface area contributed by atoms with Gasteiger partial charge in [-0.15, -0.1) is 0 Å². The van der Waals surface area contributed by atoms with E-state index in [2.05, 4.69) is 5.32 Å². The largest absolute Gasteiger partial charge is 0.480 e. The van der Waals surface area contributed by atoms with Crippen LogP contribution in [0, 0.1) is 0 Å². The van der Waals surface area contributed by atoms with Gasteiger partial charge in [0.25, 0.3) is 0 Å². The minimum Gasteiger partial charge on any atom is -0.480 e. The van der Waals surface area contributed by atoms with Gasteiger partial charge < -0.3 is 15.2 Å². The van der Waals surface area contributed by atoms with Crippen LogP contribution in [0.1, 0.15) is 33.3 Å². The molecule has 2 rings (SSSR count). The van der Waals surface area contributed by atoms with E-state index in [4.69, 9.17) is 4.74 Å². The lowest BCUT2D eigenvalue weighted by atomic mass is 9.92. The zero-order valence-electron chi connectivity index (χ0n) is 14.4. The van der Waals surface area contributed by atoms with Crippen LogP contribution in [0.25, 0.3) is 10.8 Å². The number of carbonyl (C=O) groups is 2. The number of ether oxygens (including phenoxy) is 1. The van der Waals surface area contributed by atoms with Gasteiger partial charge in [0.1, 0.15) is 11.1 Å². The molecule has 0 aliphatic rings. The second kappa shape index (κ2) is 6.51. The van der Waals surface area contributed by atoms with E-state index in [9.17, 15) is 14.7 Å². The number of carboxylic acid groups (broad SMARTS) is 1. The van der Waals surface area contributed by atoms with Crippen molar-refractivity contribution in [2.45, 2.75) is 45.3 Å². The molecular weight excluding hydrogens is 306 g/mol. The molecule has 0 saturated carbocycles. The Morgan fingerprint density at radius 1 is 1.04 bits per heavy atom. The van der Waals surface area contributed by atoms with Gasteiger partial charge >= 0.3 is 12.1 Å². The number of aliphatic carboxylic acids is 1. The van der Waals surface area contributed by atoms with Gasteiger partial charge in [0.2, 0.25) is 0 Å². The van der Waals surface area contributed by atoms with Crippen molar-refractivity contribution < 1.29 is 19.4 Å². The molecule has 0 aromatic heterocycles. The summed E-state index contributed by atoms with van der Waals surface area (Å²) in [5, 5.41) is 14.2. The fourth-order valence-corrected chi connectivity index (χ4v) is 2.46. The van der Waals surface area contributed by atoms with Gasteiger partial charge in [0.15, 0.2) is 0 Å². The van der Waals surface area contributed by atoms with Crippen LogP contribution in [0.5, 0.6) is 0 Å². The van der Waals surface area contributed by atoms with E-state index < -0.39 is 23.2 Å². The summed E-state index contributed by atoms with van der Waals surface area (Å²) in [6, 6.07) is 13.6. The van der Waals surface area contributed by atoms with Crippen molar-refractivity contribution in [1.29, 1.82) is 0 Å². The molecular formula is C19H23NO4. The van der Waals surface area contributed by atoms with Crippen molar-refractivity contribution in [2.24, 2.45) is 0 Å². The molecule has 2 aromatic rings. The van der Waals surface area contributed by atoms with E-state index in [1.807, 2.05) is 42.5 Å². The molecule has 2 N–H and O–H groups in total. The van der Waals surface area contributed by atoms with E-state index in [0.717, 1.165) is 16.3 Å². The van der Waals surface area contributed by atoms with Crippen LogP contribution in [-0.4, -0.2) is 28.3 Å². The lowest BCUT2D eigenvalue weighted by molar-refractivity contribution is -0.144. The van der Waals surface area contributed by atoms with Crippen molar-refractivity contribution in [1.82, 2.24) is 5.32 Å². The highest BCUT2D eigenvalue weighted by Crippen LogP contribution is 2.20. The van der Waals surface area contributed by atoms with Crippen LogP contribution in [0.3, 0.4) is 0 Å². The molecule has 0 aliphatic heterocycles. The third kappa shape index (κ3) is 4.47. The maximum Gasteiger partial charge on any atom is 0.408 e. The molecule has 2 aromatic carbocycles. The van der Waals surface area contributed by atoms with Gasteiger partial charge in [-0.1, -0.05) is 42.5 Å². The Bertz CT molecular complexity index is 763. The fourth-order valence-electron chi connectivity index (χ4n) is 2.46. The average molecular weight is 329 g/mol. The van der Waals surface area contributed by atoms with E-state index in [1.54, 1.807) is 20.8 Å². The number of amides is 1. The van der Waals surface area contributed by atoms with Crippen LogP contribution >= 0.6 is 0 Å². The highest BCUT2D eigenvalue weighted by atomic mass is 16.6. The zero-order valence-corrected chi connectivity index (χ0v) is 14.4.